The van der Waals surface area contributed by atoms with Gasteiger partial charge in [-0.05, 0) is 34.9 Å². The standard InChI is InChI=1S/C21H19NO3/c1-24-21(23)13-16-8-10-19(11-9-16)25-15-18-5-2-3-7-20(18)17-6-4-12-22-14-17/h2-12,14H,13,15H2,1H3. The molecule has 126 valence electrons. The molecule has 0 atom stereocenters. The van der Waals surface area contributed by atoms with Crippen molar-refractivity contribution in [2.45, 2.75) is 13.0 Å². The molecule has 0 aliphatic carbocycles. The maximum atomic E-state index is 11.3. The van der Waals surface area contributed by atoms with E-state index in [1.807, 2.05) is 60.8 Å². The summed E-state index contributed by atoms with van der Waals surface area (Å²) in [5.74, 6) is 0.508. The topological polar surface area (TPSA) is 48.4 Å². The SMILES string of the molecule is COC(=O)Cc1ccc(OCc2ccccc2-c2cccnc2)cc1. The number of rotatable bonds is 6. The molecule has 0 radical (unpaired) electrons. The van der Waals surface area contributed by atoms with E-state index in [0.717, 1.165) is 28.0 Å². The second-order valence-electron chi connectivity index (χ2n) is 5.58. The molecule has 0 unspecified atom stereocenters. The van der Waals surface area contributed by atoms with Crippen molar-refractivity contribution >= 4 is 5.97 Å². The quantitative estimate of drug-likeness (QED) is 0.639. The molecule has 0 bridgehead atoms. The number of methoxy groups -OCH3 is 1. The van der Waals surface area contributed by atoms with Crippen molar-refractivity contribution in [2.75, 3.05) is 7.11 Å². The highest BCUT2D eigenvalue weighted by molar-refractivity contribution is 5.72. The van der Waals surface area contributed by atoms with Crippen LogP contribution in [0.2, 0.25) is 0 Å². The van der Waals surface area contributed by atoms with Gasteiger partial charge in [-0.2, -0.15) is 0 Å². The normalized spacial score (nSPS) is 10.3. The van der Waals surface area contributed by atoms with E-state index in [4.69, 9.17) is 4.74 Å². The van der Waals surface area contributed by atoms with Crippen LogP contribution in [0.1, 0.15) is 11.1 Å². The van der Waals surface area contributed by atoms with E-state index in [2.05, 4.69) is 15.8 Å². The first-order valence-electron chi connectivity index (χ1n) is 8.03. The zero-order valence-electron chi connectivity index (χ0n) is 14.0. The van der Waals surface area contributed by atoms with Gasteiger partial charge in [-0.1, -0.05) is 42.5 Å². The lowest BCUT2D eigenvalue weighted by atomic mass is 10.0. The van der Waals surface area contributed by atoms with E-state index < -0.39 is 0 Å². The van der Waals surface area contributed by atoms with E-state index in [1.165, 1.54) is 7.11 Å². The van der Waals surface area contributed by atoms with Crippen molar-refractivity contribution in [3.05, 3.63) is 84.2 Å². The van der Waals surface area contributed by atoms with Crippen LogP contribution in [0.4, 0.5) is 0 Å². The first-order valence-corrected chi connectivity index (χ1v) is 8.03. The summed E-state index contributed by atoms with van der Waals surface area (Å²) in [5.41, 5.74) is 4.16. The highest BCUT2D eigenvalue weighted by Crippen LogP contribution is 2.24. The smallest absolute Gasteiger partial charge is 0.309 e. The first kappa shape index (κ1) is 16.7. The lowest BCUT2D eigenvalue weighted by molar-refractivity contribution is -0.139. The van der Waals surface area contributed by atoms with Gasteiger partial charge in [0, 0.05) is 18.0 Å². The predicted octanol–water partition coefficient (Wildman–Crippen LogP) is 4.04. The van der Waals surface area contributed by atoms with Crippen LogP contribution in [0.5, 0.6) is 5.75 Å². The van der Waals surface area contributed by atoms with Gasteiger partial charge in [-0.15, -0.1) is 0 Å². The largest absolute Gasteiger partial charge is 0.489 e. The Morgan fingerprint density at radius 1 is 1.00 bits per heavy atom. The molecule has 1 aromatic heterocycles. The number of hydrogen-bond donors (Lipinski definition) is 0. The molecule has 4 nitrogen and oxygen atoms in total. The van der Waals surface area contributed by atoms with E-state index in [9.17, 15) is 4.79 Å². The van der Waals surface area contributed by atoms with Gasteiger partial charge in [0.2, 0.25) is 0 Å². The van der Waals surface area contributed by atoms with Gasteiger partial charge in [0.05, 0.1) is 13.5 Å². The monoisotopic (exact) mass is 333 g/mol. The van der Waals surface area contributed by atoms with Crippen LogP contribution >= 0.6 is 0 Å². The van der Waals surface area contributed by atoms with Crippen molar-refractivity contribution in [1.29, 1.82) is 0 Å². The van der Waals surface area contributed by atoms with Gasteiger partial charge >= 0.3 is 5.97 Å². The first-order chi connectivity index (χ1) is 12.3. The van der Waals surface area contributed by atoms with Gasteiger partial charge < -0.3 is 9.47 Å². The summed E-state index contributed by atoms with van der Waals surface area (Å²) in [5, 5.41) is 0. The molecule has 3 rings (SSSR count). The molecule has 0 N–H and O–H groups in total. The van der Waals surface area contributed by atoms with E-state index >= 15 is 0 Å². The molecule has 0 aliphatic rings. The van der Waals surface area contributed by atoms with E-state index in [1.54, 1.807) is 6.20 Å². The Bertz CT molecular complexity index is 829. The number of pyridine rings is 1. The minimum atomic E-state index is -0.251. The molecule has 3 aromatic rings. The molecule has 0 amide bonds. The van der Waals surface area contributed by atoms with Crippen molar-refractivity contribution in [1.82, 2.24) is 4.98 Å². The summed E-state index contributed by atoms with van der Waals surface area (Å²) < 4.78 is 10.6. The number of aromatic nitrogens is 1. The highest BCUT2D eigenvalue weighted by Gasteiger charge is 2.06. The fourth-order valence-electron chi connectivity index (χ4n) is 2.55. The molecule has 0 aliphatic heterocycles. The lowest BCUT2D eigenvalue weighted by Gasteiger charge is -2.11. The highest BCUT2D eigenvalue weighted by atomic mass is 16.5. The number of carbonyl (C=O) groups is 1. The molecule has 1 heterocycles. The van der Waals surface area contributed by atoms with Crippen LogP contribution < -0.4 is 4.74 Å². The minimum Gasteiger partial charge on any atom is -0.489 e. The maximum Gasteiger partial charge on any atom is 0.309 e. The third-order valence-corrected chi connectivity index (χ3v) is 3.88. The van der Waals surface area contributed by atoms with Gasteiger partial charge in [-0.25, -0.2) is 0 Å². The zero-order valence-corrected chi connectivity index (χ0v) is 14.0. The van der Waals surface area contributed by atoms with Crippen LogP contribution in [0.15, 0.2) is 73.1 Å². The molecule has 0 fully saturated rings. The van der Waals surface area contributed by atoms with E-state index in [0.29, 0.717) is 6.61 Å². The van der Waals surface area contributed by atoms with Crippen LogP contribution in [-0.4, -0.2) is 18.1 Å². The second kappa shape index (κ2) is 8.11. The Labute approximate surface area is 147 Å². The fraction of sp³-hybridized carbons (Fsp3) is 0.143. The molecule has 0 saturated heterocycles. The van der Waals surface area contributed by atoms with Crippen LogP contribution in [-0.2, 0) is 22.6 Å². The molecular formula is C21H19NO3. The summed E-state index contributed by atoms with van der Waals surface area (Å²) >= 11 is 0. The summed E-state index contributed by atoms with van der Waals surface area (Å²) in [7, 11) is 1.39. The number of benzene rings is 2. The Morgan fingerprint density at radius 3 is 2.52 bits per heavy atom. The van der Waals surface area contributed by atoms with Crippen LogP contribution in [0, 0.1) is 0 Å². The van der Waals surface area contributed by atoms with Crippen molar-refractivity contribution in [3.63, 3.8) is 0 Å². The van der Waals surface area contributed by atoms with Gasteiger partial charge in [0.1, 0.15) is 12.4 Å². The fourth-order valence-corrected chi connectivity index (χ4v) is 2.55. The Morgan fingerprint density at radius 2 is 1.80 bits per heavy atom. The lowest BCUT2D eigenvalue weighted by Crippen LogP contribution is -2.04. The van der Waals surface area contributed by atoms with Gasteiger partial charge in [0.25, 0.3) is 0 Å². The average molecular weight is 333 g/mol. The molecule has 25 heavy (non-hydrogen) atoms. The van der Waals surface area contributed by atoms with E-state index in [-0.39, 0.29) is 12.4 Å². The number of carbonyl (C=O) groups excluding carboxylic acids is 1. The molecule has 2 aromatic carbocycles. The van der Waals surface area contributed by atoms with Gasteiger partial charge in [0.15, 0.2) is 0 Å². The molecular weight excluding hydrogens is 314 g/mol. The average Bonchev–Trinajstić information content (AvgIpc) is 2.68. The van der Waals surface area contributed by atoms with Crippen LogP contribution in [0.3, 0.4) is 0 Å². The Kier molecular flexibility index (Phi) is 5.42. The zero-order chi connectivity index (χ0) is 17.5. The maximum absolute atomic E-state index is 11.3. The Balaban J connectivity index is 1.69. The number of hydrogen-bond acceptors (Lipinski definition) is 4. The summed E-state index contributed by atoms with van der Waals surface area (Å²) in [4.78, 5) is 15.5. The second-order valence-corrected chi connectivity index (χ2v) is 5.58. The third-order valence-electron chi connectivity index (χ3n) is 3.88. The molecule has 4 heteroatoms. The minimum absolute atomic E-state index is 0.251. The van der Waals surface area contributed by atoms with Crippen molar-refractivity contribution < 1.29 is 14.3 Å². The molecule has 0 saturated carbocycles. The third kappa shape index (κ3) is 4.44. The predicted molar refractivity (Wildman–Crippen MR) is 96.2 cm³/mol. The van der Waals surface area contributed by atoms with Crippen molar-refractivity contribution in [2.24, 2.45) is 0 Å². The van der Waals surface area contributed by atoms with Crippen LogP contribution in [0.25, 0.3) is 11.1 Å². The number of esters is 1. The van der Waals surface area contributed by atoms with Gasteiger partial charge in [-0.3, -0.25) is 9.78 Å². The summed E-state index contributed by atoms with van der Waals surface area (Å²) in [6.45, 7) is 0.460. The summed E-state index contributed by atoms with van der Waals surface area (Å²) in [6, 6.07) is 19.6. The Hall–Kier alpha value is -3.14. The van der Waals surface area contributed by atoms with Crippen molar-refractivity contribution in [3.8, 4) is 16.9 Å². The number of ether oxygens (including phenoxy) is 2. The molecule has 0 spiro atoms. The number of nitrogens with zero attached hydrogens (tertiary/aromatic N) is 1. The summed E-state index contributed by atoms with van der Waals surface area (Å²) in [6.07, 6.45) is 3.87.